The van der Waals surface area contributed by atoms with Crippen molar-refractivity contribution in [3.8, 4) is 5.75 Å². The second-order valence-electron chi connectivity index (χ2n) is 5.83. The molecule has 3 nitrogen and oxygen atoms in total. The van der Waals surface area contributed by atoms with Crippen LogP contribution in [0.25, 0.3) is 0 Å². The Morgan fingerprint density at radius 2 is 2.21 bits per heavy atom. The first-order valence-corrected chi connectivity index (χ1v) is 7.41. The summed E-state index contributed by atoms with van der Waals surface area (Å²) in [4.78, 5) is 9.37. The Morgan fingerprint density at radius 1 is 1.37 bits per heavy atom. The molecule has 0 atom stereocenters. The lowest BCUT2D eigenvalue weighted by atomic mass is 9.72. The van der Waals surface area contributed by atoms with Crippen LogP contribution in [0.2, 0.25) is 0 Å². The van der Waals surface area contributed by atoms with Gasteiger partial charge in [0.25, 0.3) is 0 Å². The molecule has 1 fully saturated rings. The number of aliphatic imine (C=N–C) groups is 1. The summed E-state index contributed by atoms with van der Waals surface area (Å²) in [7, 11) is 0. The SMILES string of the molecule is CCCCOc1cc2c(nc1C)C=NC1(CCC1)C2. The standard InChI is InChI=1S/C16H22N2O/c1-3-4-8-19-15-9-13-10-16(6-5-7-16)17-11-14(13)18-12(15)2/h9,11H,3-8,10H2,1-2H3. The molecule has 0 N–H and O–H groups in total. The molecule has 1 aliphatic carbocycles. The Balaban J connectivity index is 1.82. The lowest BCUT2D eigenvalue weighted by molar-refractivity contribution is 0.247. The molecule has 2 aliphatic rings. The van der Waals surface area contributed by atoms with Crippen molar-refractivity contribution < 1.29 is 4.74 Å². The average Bonchev–Trinajstić information content (AvgIpc) is 2.37. The van der Waals surface area contributed by atoms with Gasteiger partial charge in [0.2, 0.25) is 0 Å². The molecular formula is C16H22N2O. The summed E-state index contributed by atoms with van der Waals surface area (Å²) < 4.78 is 5.86. The predicted octanol–water partition coefficient (Wildman–Crippen LogP) is 3.47. The van der Waals surface area contributed by atoms with Crippen LogP contribution in [-0.2, 0) is 6.42 Å². The van der Waals surface area contributed by atoms with Crippen LogP contribution in [0.4, 0.5) is 0 Å². The maximum atomic E-state index is 5.86. The summed E-state index contributed by atoms with van der Waals surface area (Å²) in [6.07, 6.45) is 9.03. The predicted molar refractivity (Wildman–Crippen MR) is 77.3 cm³/mol. The summed E-state index contributed by atoms with van der Waals surface area (Å²) in [5.74, 6) is 0.956. The van der Waals surface area contributed by atoms with Gasteiger partial charge >= 0.3 is 0 Å². The van der Waals surface area contributed by atoms with Gasteiger partial charge < -0.3 is 4.74 Å². The van der Waals surface area contributed by atoms with Crippen molar-refractivity contribution in [2.75, 3.05) is 6.61 Å². The molecule has 0 amide bonds. The van der Waals surface area contributed by atoms with E-state index in [0.717, 1.165) is 43.0 Å². The maximum Gasteiger partial charge on any atom is 0.140 e. The number of aromatic nitrogens is 1. The molecule has 0 unspecified atom stereocenters. The van der Waals surface area contributed by atoms with E-state index in [1.54, 1.807) is 0 Å². The van der Waals surface area contributed by atoms with E-state index in [9.17, 15) is 0 Å². The second-order valence-corrected chi connectivity index (χ2v) is 5.83. The number of ether oxygens (including phenoxy) is 1. The monoisotopic (exact) mass is 258 g/mol. The van der Waals surface area contributed by atoms with Crippen LogP contribution in [0.1, 0.15) is 56.0 Å². The molecular weight excluding hydrogens is 236 g/mol. The van der Waals surface area contributed by atoms with Gasteiger partial charge in [-0.3, -0.25) is 4.99 Å². The van der Waals surface area contributed by atoms with Crippen molar-refractivity contribution in [3.63, 3.8) is 0 Å². The van der Waals surface area contributed by atoms with Crippen molar-refractivity contribution in [3.05, 3.63) is 23.0 Å². The first-order chi connectivity index (χ1) is 9.22. The quantitative estimate of drug-likeness (QED) is 0.775. The molecule has 3 heteroatoms. The number of nitrogens with zero attached hydrogens (tertiary/aromatic N) is 2. The van der Waals surface area contributed by atoms with E-state index in [0.29, 0.717) is 0 Å². The van der Waals surface area contributed by atoms with E-state index < -0.39 is 0 Å². The molecule has 19 heavy (non-hydrogen) atoms. The van der Waals surface area contributed by atoms with Gasteiger partial charge in [-0.2, -0.15) is 0 Å². The molecule has 0 radical (unpaired) electrons. The molecule has 3 rings (SSSR count). The number of unbranched alkanes of at least 4 members (excludes halogenated alkanes) is 1. The normalized spacial score (nSPS) is 19.1. The highest BCUT2D eigenvalue weighted by Gasteiger charge is 2.38. The van der Waals surface area contributed by atoms with Gasteiger partial charge in [-0.25, -0.2) is 4.98 Å². The lowest BCUT2D eigenvalue weighted by Crippen LogP contribution is -2.39. The zero-order valence-corrected chi connectivity index (χ0v) is 11.9. The molecule has 0 saturated heterocycles. The Bertz CT molecular complexity index is 504. The fourth-order valence-corrected chi connectivity index (χ4v) is 2.86. The molecule has 1 spiro atoms. The van der Waals surface area contributed by atoms with Crippen LogP contribution in [0, 0.1) is 6.92 Å². The number of fused-ring (bicyclic) bond motifs is 1. The van der Waals surface area contributed by atoms with Gasteiger partial charge in [-0.15, -0.1) is 0 Å². The summed E-state index contributed by atoms with van der Waals surface area (Å²) in [5, 5.41) is 0. The number of rotatable bonds is 4. The third-order valence-corrected chi connectivity index (χ3v) is 4.30. The highest BCUT2D eigenvalue weighted by molar-refractivity contribution is 5.81. The Kier molecular flexibility index (Phi) is 3.29. The third kappa shape index (κ3) is 2.38. The van der Waals surface area contributed by atoms with Crippen LogP contribution < -0.4 is 4.74 Å². The summed E-state index contributed by atoms with van der Waals surface area (Å²) >= 11 is 0. The van der Waals surface area contributed by atoms with Gasteiger partial charge in [-0.1, -0.05) is 13.3 Å². The molecule has 1 aromatic rings. The van der Waals surface area contributed by atoms with E-state index in [1.807, 2.05) is 13.1 Å². The first kappa shape index (κ1) is 12.6. The number of hydrogen-bond donors (Lipinski definition) is 0. The van der Waals surface area contributed by atoms with E-state index in [2.05, 4.69) is 18.0 Å². The van der Waals surface area contributed by atoms with E-state index in [4.69, 9.17) is 9.73 Å². The Labute approximate surface area is 115 Å². The van der Waals surface area contributed by atoms with Crippen molar-refractivity contribution in [1.29, 1.82) is 0 Å². The van der Waals surface area contributed by atoms with E-state index in [1.165, 1.54) is 24.8 Å². The lowest BCUT2D eigenvalue weighted by Gasteiger charge is -2.40. The largest absolute Gasteiger partial charge is 0.492 e. The van der Waals surface area contributed by atoms with Crippen LogP contribution in [0.5, 0.6) is 5.75 Å². The van der Waals surface area contributed by atoms with Gasteiger partial charge in [0.15, 0.2) is 0 Å². The Morgan fingerprint density at radius 3 is 2.89 bits per heavy atom. The van der Waals surface area contributed by atoms with Crippen molar-refractivity contribution in [2.45, 2.75) is 57.9 Å². The van der Waals surface area contributed by atoms with Gasteiger partial charge in [0.05, 0.1) is 23.5 Å². The van der Waals surface area contributed by atoms with E-state index in [-0.39, 0.29) is 5.54 Å². The minimum Gasteiger partial charge on any atom is -0.492 e. The summed E-state index contributed by atoms with van der Waals surface area (Å²) in [5.41, 5.74) is 3.53. The van der Waals surface area contributed by atoms with Crippen LogP contribution >= 0.6 is 0 Å². The molecule has 0 bridgehead atoms. The number of hydrogen-bond acceptors (Lipinski definition) is 3. The minimum absolute atomic E-state index is 0.199. The fraction of sp³-hybridized carbons (Fsp3) is 0.625. The van der Waals surface area contributed by atoms with Gasteiger partial charge in [-0.05, 0) is 50.7 Å². The third-order valence-electron chi connectivity index (χ3n) is 4.30. The van der Waals surface area contributed by atoms with Crippen molar-refractivity contribution in [2.24, 2.45) is 4.99 Å². The highest BCUT2D eigenvalue weighted by atomic mass is 16.5. The number of pyridine rings is 1. The number of aryl methyl sites for hydroxylation is 1. The zero-order chi connectivity index (χ0) is 13.3. The molecule has 1 aromatic heterocycles. The fourth-order valence-electron chi connectivity index (χ4n) is 2.86. The second kappa shape index (κ2) is 4.95. The van der Waals surface area contributed by atoms with Gasteiger partial charge in [0, 0.05) is 6.21 Å². The van der Waals surface area contributed by atoms with E-state index >= 15 is 0 Å². The molecule has 2 heterocycles. The molecule has 102 valence electrons. The summed E-state index contributed by atoms with van der Waals surface area (Å²) in [6, 6.07) is 2.19. The maximum absolute atomic E-state index is 5.86. The topological polar surface area (TPSA) is 34.5 Å². The highest BCUT2D eigenvalue weighted by Crippen LogP contribution is 2.41. The van der Waals surface area contributed by atoms with Crippen molar-refractivity contribution >= 4 is 6.21 Å². The zero-order valence-electron chi connectivity index (χ0n) is 11.9. The van der Waals surface area contributed by atoms with Crippen LogP contribution in [0.3, 0.4) is 0 Å². The molecule has 0 aromatic carbocycles. The summed E-state index contributed by atoms with van der Waals surface area (Å²) in [6.45, 7) is 4.98. The first-order valence-electron chi connectivity index (χ1n) is 7.41. The smallest absolute Gasteiger partial charge is 0.140 e. The molecule has 1 saturated carbocycles. The van der Waals surface area contributed by atoms with Crippen LogP contribution in [-0.4, -0.2) is 23.3 Å². The molecule has 1 aliphatic heterocycles. The average molecular weight is 258 g/mol. The minimum atomic E-state index is 0.199. The van der Waals surface area contributed by atoms with Crippen molar-refractivity contribution in [1.82, 2.24) is 4.98 Å². The van der Waals surface area contributed by atoms with Gasteiger partial charge in [0.1, 0.15) is 5.75 Å². The van der Waals surface area contributed by atoms with Crippen LogP contribution in [0.15, 0.2) is 11.1 Å². The Hall–Kier alpha value is -1.38.